The van der Waals surface area contributed by atoms with Crippen molar-refractivity contribution in [3.05, 3.63) is 84.8 Å². The van der Waals surface area contributed by atoms with Gasteiger partial charge in [0.1, 0.15) is 35.2 Å². The molecule has 2 aromatic carbocycles. The van der Waals surface area contributed by atoms with E-state index in [4.69, 9.17) is 5.10 Å². The van der Waals surface area contributed by atoms with Gasteiger partial charge in [0, 0.05) is 18.3 Å². The highest BCUT2D eigenvalue weighted by Gasteiger charge is 2.18. The lowest BCUT2D eigenvalue weighted by Crippen LogP contribution is -2.01. The molecular weight excluding hydrogens is 386 g/mol. The Labute approximate surface area is 170 Å². The van der Waals surface area contributed by atoms with E-state index in [1.807, 2.05) is 16.7 Å². The van der Waals surface area contributed by atoms with Gasteiger partial charge in [0.25, 0.3) is 0 Å². The van der Waals surface area contributed by atoms with Crippen molar-refractivity contribution in [2.45, 2.75) is 0 Å². The molecule has 0 saturated carbocycles. The van der Waals surface area contributed by atoms with Crippen LogP contribution in [0.15, 0.2) is 73.2 Å². The van der Waals surface area contributed by atoms with Crippen molar-refractivity contribution in [1.29, 1.82) is 0 Å². The zero-order valence-electron chi connectivity index (χ0n) is 15.9. The van der Waals surface area contributed by atoms with E-state index >= 15 is 0 Å². The maximum atomic E-state index is 13.5. The van der Waals surface area contributed by atoms with Crippen molar-refractivity contribution in [2.75, 3.05) is 12.4 Å². The van der Waals surface area contributed by atoms with Gasteiger partial charge in [-0.15, -0.1) is 0 Å². The lowest BCUT2D eigenvalue weighted by atomic mass is 10.1. The Morgan fingerprint density at radius 1 is 0.867 bits per heavy atom. The molecule has 0 aliphatic rings. The molecule has 0 bridgehead atoms. The van der Waals surface area contributed by atoms with Crippen molar-refractivity contribution in [2.24, 2.45) is 0 Å². The van der Waals surface area contributed by atoms with Crippen LogP contribution >= 0.6 is 0 Å². The summed E-state index contributed by atoms with van der Waals surface area (Å²) in [7, 11) is 1.79. The number of anilines is 1. The van der Waals surface area contributed by atoms with Gasteiger partial charge in [-0.1, -0.05) is 0 Å². The zero-order chi connectivity index (χ0) is 20.7. The highest BCUT2D eigenvalue weighted by Crippen LogP contribution is 2.32. The maximum absolute atomic E-state index is 13.5. The number of imidazole rings is 2. The van der Waals surface area contributed by atoms with Crippen LogP contribution in [0.1, 0.15) is 0 Å². The van der Waals surface area contributed by atoms with Crippen LogP contribution in [0.4, 0.5) is 14.6 Å². The zero-order valence-corrected chi connectivity index (χ0v) is 15.9. The average Bonchev–Trinajstić information content (AvgIpc) is 3.38. The van der Waals surface area contributed by atoms with E-state index in [1.165, 1.54) is 24.3 Å². The summed E-state index contributed by atoms with van der Waals surface area (Å²) in [5, 5.41) is 7.69. The lowest BCUT2D eigenvalue weighted by molar-refractivity contribution is 0.627. The van der Waals surface area contributed by atoms with Crippen LogP contribution in [0.3, 0.4) is 0 Å². The molecule has 0 atom stereocenters. The van der Waals surface area contributed by atoms with Gasteiger partial charge >= 0.3 is 0 Å². The lowest BCUT2D eigenvalue weighted by Gasteiger charge is -2.10. The van der Waals surface area contributed by atoms with Crippen LogP contribution in [0.25, 0.3) is 34.0 Å². The summed E-state index contributed by atoms with van der Waals surface area (Å²) < 4.78 is 30.4. The second kappa shape index (κ2) is 7.07. The summed E-state index contributed by atoms with van der Waals surface area (Å²) in [4.78, 5) is 8.98. The third kappa shape index (κ3) is 3.08. The Hall–Kier alpha value is -4.07. The van der Waals surface area contributed by atoms with Crippen LogP contribution < -0.4 is 5.32 Å². The van der Waals surface area contributed by atoms with E-state index < -0.39 is 0 Å². The fourth-order valence-corrected chi connectivity index (χ4v) is 3.34. The minimum atomic E-state index is -0.323. The van der Waals surface area contributed by atoms with Crippen LogP contribution in [-0.4, -0.2) is 31.2 Å². The number of hydrogen-bond acceptors (Lipinski definition) is 4. The topological polar surface area (TPSA) is 60.0 Å². The van der Waals surface area contributed by atoms with Crippen molar-refractivity contribution in [3.63, 3.8) is 0 Å². The van der Waals surface area contributed by atoms with Crippen LogP contribution in [-0.2, 0) is 0 Å². The van der Waals surface area contributed by atoms with Gasteiger partial charge in [-0.2, -0.15) is 5.10 Å². The molecule has 1 N–H and O–H groups in total. The highest BCUT2D eigenvalue weighted by molar-refractivity contribution is 5.78. The second-order valence-electron chi connectivity index (χ2n) is 6.69. The SMILES string of the molecule is CNc1cn2nc(-c3c(-c4ccc(F)cc4)ncn3-c3ccc(F)cc3)ccc2n1. The third-order valence-corrected chi connectivity index (χ3v) is 4.81. The van der Waals surface area contributed by atoms with Gasteiger partial charge in [0.05, 0.1) is 11.9 Å². The Morgan fingerprint density at radius 2 is 1.57 bits per heavy atom. The fourth-order valence-electron chi connectivity index (χ4n) is 3.34. The Morgan fingerprint density at radius 3 is 2.27 bits per heavy atom. The number of benzene rings is 2. The largest absolute Gasteiger partial charge is 0.372 e. The summed E-state index contributed by atoms with van der Waals surface area (Å²) in [6.45, 7) is 0. The van der Waals surface area contributed by atoms with Gasteiger partial charge in [-0.25, -0.2) is 23.3 Å². The molecule has 30 heavy (non-hydrogen) atoms. The molecule has 6 nitrogen and oxygen atoms in total. The summed E-state index contributed by atoms with van der Waals surface area (Å²) >= 11 is 0. The predicted molar refractivity (Wildman–Crippen MR) is 110 cm³/mol. The number of fused-ring (bicyclic) bond motifs is 1. The Kier molecular flexibility index (Phi) is 4.24. The van der Waals surface area contributed by atoms with Crippen molar-refractivity contribution in [1.82, 2.24) is 24.1 Å². The molecule has 0 unspecified atom stereocenters. The number of aromatic nitrogens is 5. The normalized spacial score (nSPS) is 11.2. The highest BCUT2D eigenvalue weighted by atomic mass is 19.1. The predicted octanol–water partition coefficient (Wildman–Crippen LogP) is 4.57. The first-order valence-corrected chi connectivity index (χ1v) is 9.26. The van der Waals surface area contributed by atoms with E-state index in [-0.39, 0.29) is 11.6 Å². The van der Waals surface area contributed by atoms with Gasteiger partial charge in [0.2, 0.25) is 0 Å². The summed E-state index contributed by atoms with van der Waals surface area (Å²) in [6.07, 6.45) is 3.44. The molecule has 3 heterocycles. The maximum Gasteiger partial charge on any atom is 0.156 e. The van der Waals surface area contributed by atoms with Crippen LogP contribution in [0.5, 0.6) is 0 Å². The smallest absolute Gasteiger partial charge is 0.156 e. The van der Waals surface area contributed by atoms with Crippen molar-refractivity contribution >= 4 is 11.5 Å². The monoisotopic (exact) mass is 402 g/mol. The van der Waals surface area contributed by atoms with Gasteiger partial charge < -0.3 is 5.32 Å². The summed E-state index contributed by atoms with van der Waals surface area (Å²) in [5.41, 5.74) is 4.16. The molecule has 8 heteroatoms. The molecule has 0 aliphatic heterocycles. The molecule has 0 amide bonds. The molecule has 5 rings (SSSR count). The third-order valence-electron chi connectivity index (χ3n) is 4.81. The fraction of sp³-hybridized carbons (Fsp3) is 0.0455. The molecule has 0 fully saturated rings. The van der Waals surface area contributed by atoms with Gasteiger partial charge in [-0.3, -0.25) is 4.57 Å². The second-order valence-corrected chi connectivity index (χ2v) is 6.69. The van der Waals surface area contributed by atoms with E-state index in [2.05, 4.69) is 15.3 Å². The molecular formula is C22H16F2N6. The molecule has 0 saturated heterocycles. The molecule has 3 aromatic heterocycles. The van der Waals surface area contributed by atoms with Gasteiger partial charge in [-0.05, 0) is 60.7 Å². The number of nitrogens with one attached hydrogen (secondary N) is 1. The number of rotatable bonds is 4. The van der Waals surface area contributed by atoms with Crippen LogP contribution in [0.2, 0.25) is 0 Å². The Balaban J connectivity index is 1.74. The van der Waals surface area contributed by atoms with E-state index in [9.17, 15) is 8.78 Å². The van der Waals surface area contributed by atoms with E-state index in [1.54, 1.807) is 48.4 Å². The molecule has 5 aromatic rings. The van der Waals surface area contributed by atoms with Crippen molar-refractivity contribution < 1.29 is 8.78 Å². The first-order valence-electron chi connectivity index (χ1n) is 9.26. The van der Waals surface area contributed by atoms with E-state index in [0.29, 0.717) is 28.5 Å². The quantitative estimate of drug-likeness (QED) is 0.478. The van der Waals surface area contributed by atoms with Crippen molar-refractivity contribution in [3.8, 4) is 28.3 Å². The Bertz CT molecular complexity index is 1270. The summed E-state index contributed by atoms with van der Waals surface area (Å²) in [5.74, 6) is 0.0537. The standard InChI is InChI=1S/C22H16F2N6/c1-25-19-12-30-20(27-19)11-10-18(28-30)22-21(14-2-4-15(23)5-3-14)26-13-29(22)17-8-6-16(24)7-9-17/h2-13,25H,1H3. The number of halogens is 2. The first-order chi connectivity index (χ1) is 14.6. The average molecular weight is 402 g/mol. The number of nitrogens with zero attached hydrogens (tertiary/aromatic N) is 5. The minimum Gasteiger partial charge on any atom is -0.372 e. The van der Waals surface area contributed by atoms with E-state index in [0.717, 1.165) is 11.3 Å². The van der Waals surface area contributed by atoms with Gasteiger partial charge in [0.15, 0.2) is 5.65 Å². The molecule has 0 radical (unpaired) electrons. The number of hydrogen-bond donors (Lipinski definition) is 1. The first kappa shape index (κ1) is 18.0. The molecule has 148 valence electrons. The molecule has 0 spiro atoms. The minimum absolute atomic E-state index is 0.322. The summed E-state index contributed by atoms with van der Waals surface area (Å²) in [6, 6.07) is 16.0. The van der Waals surface area contributed by atoms with Crippen LogP contribution in [0, 0.1) is 11.6 Å². The molecule has 0 aliphatic carbocycles.